The Hall–Kier alpha value is -2.33. The number of carbonyl (C=O) groups excluding carboxylic acids is 1. The average molecular weight is 284 g/mol. The second-order valence-corrected chi connectivity index (χ2v) is 4.85. The Kier molecular flexibility index (Phi) is 3.62. The molecule has 0 amide bonds. The van der Waals surface area contributed by atoms with Gasteiger partial charge in [0, 0.05) is 12.7 Å². The van der Waals surface area contributed by atoms with E-state index in [1.54, 1.807) is 19.2 Å². The molecule has 2 aromatic carbocycles. The van der Waals surface area contributed by atoms with Crippen LogP contribution in [0.2, 0.25) is 0 Å². The van der Waals surface area contributed by atoms with Crippen LogP contribution in [-0.2, 0) is 16.1 Å². The molecule has 0 saturated carbocycles. The molecule has 1 aliphatic heterocycles. The van der Waals surface area contributed by atoms with Crippen molar-refractivity contribution < 1.29 is 19.0 Å². The lowest BCUT2D eigenvalue weighted by molar-refractivity contribution is 0.0600. The monoisotopic (exact) mass is 284 g/mol. The fraction of sp³-hybridized carbons (Fsp3) is 0.235. The van der Waals surface area contributed by atoms with Crippen molar-refractivity contribution in [3.05, 3.63) is 64.7 Å². The maximum absolute atomic E-state index is 11.6. The van der Waals surface area contributed by atoms with Gasteiger partial charge in [-0.25, -0.2) is 4.79 Å². The molecule has 0 bridgehead atoms. The molecule has 0 saturated heterocycles. The molecule has 0 aliphatic carbocycles. The Labute approximate surface area is 123 Å². The Morgan fingerprint density at radius 2 is 1.95 bits per heavy atom. The minimum Gasteiger partial charge on any atom is -0.488 e. The second kappa shape index (κ2) is 5.58. The number of methoxy groups -OCH3 is 2. The zero-order valence-corrected chi connectivity index (χ0v) is 12.0. The quantitative estimate of drug-likeness (QED) is 0.795. The number of ether oxygens (including phenoxy) is 3. The maximum Gasteiger partial charge on any atom is 0.337 e. The van der Waals surface area contributed by atoms with Crippen molar-refractivity contribution in [2.24, 2.45) is 0 Å². The van der Waals surface area contributed by atoms with Crippen LogP contribution in [-0.4, -0.2) is 20.2 Å². The van der Waals surface area contributed by atoms with Crippen molar-refractivity contribution in [1.29, 1.82) is 0 Å². The summed E-state index contributed by atoms with van der Waals surface area (Å²) in [6.07, 6.45) is -0.203. The van der Waals surface area contributed by atoms with Gasteiger partial charge in [0.15, 0.2) is 0 Å². The summed E-state index contributed by atoms with van der Waals surface area (Å²) in [5, 5.41) is 0. The minimum absolute atomic E-state index is 0.203. The topological polar surface area (TPSA) is 44.8 Å². The van der Waals surface area contributed by atoms with Crippen LogP contribution in [0.25, 0.3) is 0 Å². The Bertz CT molecular complexity index is 678. The fourth-order valence-corrected chi connectivity index (χ4v) is 2.62. The summed E-state index contributed by atoms with van der Waals surface area (Å²) in [6.45, 7) is 0.452. The Balaban J connectivity index is 2.10. The highest BCUT2D eigenvalue weighted by Crippen LogP contribution is 2.38. The third kappa shape index (κ3) is 2.38. The highest BCUT2D eigenvalue weighted by molar-refractivity contribution is 5.90. The molecule has 0 fully saturated rings. The lowest BCUT2D eigenvalue weighted by atomic mass is 9.96. The van der Waals surface area contributed by atoms with Crippen molar-refractivity contribution in [2.45, 2.75) is 12.7 Å². The standard InChI is InChI=1S/C17H16O4/c1-19-16-13-6-4-3-5-12(13)10-21-15-9-11(17(18)20-2)7-8-14(15)16/h3-9,16H,10H2,1-2H3/t16-/m0/s1. The van der Waals surface area contributed by atoms with E-state index in [-0.39, 0.29) is 12.1 Å². The first-order valence-corrected chi connectivity index (χ1v) is 6.70. The van der Waals surface area contributed by atoms with Gasteiger partial charge in [-0.2, -0.15) is 0 Å². The van der Waals surface area contributed by atoms with Crippen LogP contribution in [0.15, 0.2) is 42.5 Å². The molecule has 0 N–H and O–H groups in total. The first-order chi connectivity index (χ1) is 10.2. The summed E-state index contributed by atoms with van der Waals surface area (Å²) in [4.78, 5) is 11.6. The van der Waals surface area contributed by atoms with E-state index in [4.69, 9.17) is 14.2 Å². The van der Waals surface area contributed by atoms with Crippen LogP contribution in [0.3, 0.4) is 0 Å². The Morgan fingerprint density at radius 1 is 1.14 bits per heavy atom. The smallest absolute Gasteiger partial charge is 0.337 e. The molecule has 0 radical (unpaired) electrons. The molecular weight excluding hydrogens is 268 g/mol. The summed E-state index contributed by atoms with van der Waals surface area (Å²) in [7, 11) is 3.04. The largest absolute Gasteiger partial charge is 0.488 e. The van der Waals surface area contributed by atoms with E-state index in [0.717, 1.165) is 16.7 Å². The van der Waals surface area contributed by atoms with Crippen molar-refractivity contribution >= 4 is 5.97 Å². The zero-order valence-electron chi connectivity index (χ0n) is 12.0. The number of rotatable bonds is 2. The van der Waals surface area contributed by atoms with Gasteiger partial charge in [-0.3, -0.25) is 0 Å². The summed E-state index contributed by atoms with van der Waals surface area (Å²) in [6, 6.07) is 13.3. The van der Waals surface area contributed by atoms with Crippen LogP contribution >= 0.6 is 0 Å². The van der Waals surface area contributed by atoms with Gasteiger partial charge in [0.2, 0.25) is 0 Å². The van der Waals surface area contributed by atoms with E-state index in [2.05, 4.69) is 0 Å². The molecule has 1 heterocycles. The first kappa shape index (κ1) is 13.6. The van der Waals surface area contributed by atoms with Gasteiger partial charge < -0.3 is 14.2 Å². The number of hydrogen-bond donors (Lipinski definition) is 0. The highest BCUT2D eigenvalue weighted by Gasteiger charge is 2.25. The maximum atomic E-state index is 11.6. The molecule has 2 aromatic rings. The van der Waals surface area contributed by atoms with E-state index in [0.29, 0.717) is 17.9 Å². The van der Waals surface area contributed by atoms with E-state index in [1.165, 1.54) is 7.11 Å². The lowest BCUT2D eigenvalue weighted by Gasteiger charge is -2.17. The second-order valence-electron chi connectivity index (χ2n) is 4.85. The predicted octanol–water partition coefficient (Wildman–Crippen LogP) is 3.10. The molecule has 0 unspecified atom stereocenters. The van der Waals surface area contributed by atoms with E-state index >= 15 is 0 Å². The van der Waals surface area contributed by atoms with Crippen LogP contribution in [0.5, 0.6) is 5.75 Å². The highest BCUT2D eigenvalue weighted by atomic mass is 16.5. The summed E-state index contributed by atoms with van der Waals surface area (Å²) in [5.41, 5.74) is 3.55. The first-order valence-electron chi connectivity index (χ1n) is 6.70. The lowest BCUT2D eigenvalue weighted by Crippen LogP contribution is -2.06. The van der Waals surface area contributed by atoms with Gasteiger partial charge in [-0.05, 0) is 23.3 Å². The van der Waals surface area contributed by atoms with E-state index in [1.807, 2.05) is 30.3 Å². The van der Waals surface area contributed by atoms with Crippen LogP contribution in [0.4, 0.5) is 0 Å². The third-order valence-electron chi connectivity index (χ3n) is 3.67. The van der Waals surface area contributed by atoms with Gasteiger partial charge in [0.25, 0.3) is 0 Å². The summed E-state index contributed by atoms with van der Waals surface area (Å²) < 4.78 is 16.3. The van der Waals surface area contributed by atoms with Crippen LogP contribution in [0.1, 0.15) is 33.2 Å². The van der Waals surface area contributed by atoms with Crippen molar-refractivity contribution in [1.82, 2.24) is 0 Å². The zero-order chi connectivity index (χ0) is 14.8. The molecule has 4 nitrogen and oxygen atoms in total. The molecule has 0 spiro atoms. The van der Waals surface area contributed by atoms with Gasteiger partial charge in [0.05, 0.1) is 12.7 Å². The molecule has 3 rings (SSSR count). The normalized spacial score (nSPS) is 16.2. The van der Waals surface area contributed by atoms with E-state index < -0.39 is 0 Å². The van der Waals surface area contributed by atoms with Gasteiger partial charge in [-0.15, -0.1) is 0 Å². The number of benzene rings is 2. The van der Waals surface area contributed by atoms with Crippen molar-refractivity contribution in [2.75, 3.05) is 14.2 Å². The van der Waals surface area contributed by atoms with Gasteiger partial charge in [0.1, 0.15) is 18.5 Å². The Morgan fingerprint density at radius 3 is 2.71 bits per heavy atom. The molecule has 1 atom stereocenters. The molecule has 108 valence electrons. The van der Waals surface area contributed by atoms with Gasteiger partial charge in [-0.1, -0.05) is 30.3 Å². The number of fused-ring (bicyclic) bond motifs is 2. The number of esters is 1. The predicted molar refractivity (Wildman–Crippen MR) is 77.4 cm³/mol. The molecule has 21 heavy (non-hydrogen) atoms. The SMILES string of the molecule is COC(=O)c1ccc2c(c1)OCc1ccccc1[C@@H]2OC. The van der Waals surface area contributed by atoms with Crippen molar-refractivity contribution in [3.63, 3.8) is 0 Å². The average Bonchev–Trinajstić information content (AvgIpc) is 2.69. The number of hydrogen-bond acceptors (Lipinski definition) is 4. The van der Waals surface area contributed by atoms with Crippen molar-refractivity contribution in [3.8, 4) is 5.75 Å². The van der Waals surface area contributed by atoms with Crippen LogP contribution in [0, 0.1) is 0 Å². The van der Waals surface area contributed by atoms with Crippen LogP contribution < -0.4 is 4.74 Å². The summed E-state index contributed by atoms with van der Waals surface area (Å²) in [5.74, 6) is 0.276. The number of carbonyl (C=O) groups is 1. The molecule has 1 aliphatic rings. The fourth-order valence-electron chi connectivity index (χ4n) is 2.62. The minimum atomic E-state index is -0.378. The summed E-state index contributed by atoms with van der Waals surface area (Å²) >= 11 is 0. The van der Waals surface area contributed by atoms with Gasteiger partial charge >= 0.3 is 5.97 Å². The third-order valence-corrected chi connectivity index (χ3v) is 3.67. The molecule has 0 aromatic heterocycles. The molecule has 4 heteroatoms. The van der Waals surface area contributed by atoms with E-state index in [9.17, 15) is 4.79 Å². The molecular formula is C17H16O4.